The van der Waals surface area contributed by atoms with Gasteiger partial charge in [0.05, 0.1) is 18.4 Å². The predicted molar refractivity (Wildman–Crippen MR) is 135 cm³/mol. The molecule has 1 unspecified atom stereocenters. The van der Waals surface area contributed by atoms with E-state index in [1.807, 2.05) is 45.0 Å². The number of carbonyl (C=O) groups excluding carboxylic acids is 2. The lowest BCUT2D eigenvalue weighted by Crippen LogP contribution is -2.04. The van der Waals surface area contributed by atoms with Crippen LogP contribution in [0.4, 0.5) is 0 Å². The topological polar surface area (TPSA) is 89.9 Å². The molecule has 1 aromatic carbocycles. The van der Waals surface area contributed by atoms with E-state index in [1.54, 1.807) is 20.8 Å². The van der Waals surface area contributed by atoms with Gasteiger partial charge >= 0.3 is 7.60 Å². The number of unbranched alkanes of at least 4 members (excludes halogenated alkanes) is 4. The van der Waals surface area contributed by atoms with Crippen LogP contribution in [0.3, 0.4) is 0 Å². The highest BCUT2D eigenvalue weighted by Gasteiger charge is 2.23. The zero-order valence-corrected chi connectivity index (χ0v) is 22.4. The van der Waals surface area contributed by atoms with Crippen molar-refractivity contribution in [1.29, 1.82) is 0 Å². The largest absolute Gasteiger partial charge is 0.379 e. The van der Waals surface area contributed by atoms with Gasteiger partial charge in [-0.15, -0.1) is 0 Å². The summed E-state index contributed by atoms with van der Waals surface area (Å²) in [6.07, 6.45) is 7.00. The fourth-order valence-corrected chi connectivity index (χ4v) is 3.45. The minimum Gasteiger partial charge on any atom is -0.379 e. The highest BCUT2D eigenvalue weighted by atomic mass is 31.2. The summed E-state index contributed by atoms with van der Waals surface area (Å²) in [5, 5.41) is 0. The van der Waals surface area contributed by atoms with Gasteiger partial charge < -0.3 is 18.9 Å². The van der Waals surface area contributed by atoms with Crippen LogP contribution in [0.1, 0.15) is 102 Å². The monoisotopic (exact) mass is 484 g/mol. The highest BCUT2D eigenvalue weighted by molar-refractivity contribution is 7.53. The third-order valence-corrected chi connectivity index (χ3v) is 6.83. The van der Waals surface area contributed by atoms with Crippen molar-refractivity contribution in [2.45, 2.75) is 105 Å². The average molecular weight is 485 g/mol. The van der Waals surface area contributed by atoms with Gasteiger partial charge in [-0.3, -0.25) is 9.36 Å². The van der Waals surface area contributed by atoms with Crippen LogP contribution in [0, 0.1) is 6.92 Å². The number of hydrogen-bond acceptors (Lipinski definition) is 5. The second-order valence-electron chi connectivity index (χ2n) is 9.02. The zero-order chi connectivity index (χ0) is 25.3. The summed E-state index contributed by atoms with van der Waals surface area (Å²) >= 11 is 0. The first kappa shape index (κ1) is 31.7. The molecule has 1 rings (SSSR count). The third-order valence-electron chi connectivity index (χ3n) is 4.97. The number of aryl methyl sites for hydroxylation is 1. The Morgan fingerprint density at radius 3 is 1.94 bits per heavy atom. The molecule has 33 heavy (non-hydrogen) atoms. The summed E-state index contributed by atoms with van der Waals surface area (Å²) in [5.41, 5.74) is 1.67. The molecule has 0 radical (unpaired) electrons. The van der Waals surface area contributed by atoms with Crippen molar-refractivity contribution in [2.75, 3.05) is 13.2 Å². The molecule has 0 heterocycles. The van der Waals surface area contributed by atoms with Gasteiger partial charge in [-0.05, 0) is 53.4 Å². The van der Waals surface area contributed by atoms with E-state index in [0.29, 0.717) is 25.6 Å². The van der Waals surface area contributed by atoms with Crippen LogP contribution >= 0.6 is 7.60 Å². The lowest BCUT2D eigenvalue weighted by atomic mass is 10.0. The molecule has 0 spiro atoms. The van der Waals surface area contributed by atoms with Crippen LogP contribution in [0.25, 0.3) is 0 Å². The van der Waals surface area contributed by atoms with Crippen LogP contribution in [-0.4, -0.2) is 41.4 Å². The minimum atomic E-state index is -3.40. The molecule has 0 saturated carbocycles. The molecule has 1 aromatic rings. The fourth-order valence-electron chi connectivity index (χ4n) is 2.76. The number of benzene rings is 1. The summed E-state index contributed by atoms with van der Waals surface area (Å²) in [7, 11) is -3.40. The Morgan fingerprint density at radius 1 is 0.879 bits per heavy atom. The normalized spacial score (nSPS) is 12.9. The molecule has 1 N–H and O–H groups in total. The molecule has 1 atom stereocenters. The Balaban J connectivity index is 0.000000633. The number of ketones is 2. The van der Waals surface area contributed by atoms with Gasteiger partial charge in [-0.1, -0.05) is 56.5 Å². The summed E-state index contributed by atoms with van der Waals surface area (Å²) in [4.78, 5) is 31.8. The smallest absolute Gasteiger partial charge is 0.330 e. The van der Waals surface area contributed by atoms with E-state index in [4.69, 9.17) is 9.26 Å². The van der Waals surface area contributed by atoms with Crippen LogP contribution in [0.5, 0.6) is 0 Å². The number of rotatable bonds is 16. The Bertz CT molecular complexity index is 712. The van der Waals surface area contributed by atoms with Gasteiger partial charge in [0.2, 0.25) is 0 Å². The summed E-state index contributed by atoms with van der Waals surface area (Å²) in [6.45, 7) is 12.1. The first-order valence-electron chi connectivity index (χ1n) is 12.1. The molecule has 190 valence electrons. The number of carbonyl (C=O) groups is 2. The van der Waals surface area contributed by atoms with Gasteiger partial charge in [0.1, 0.15) is 5.78 Å². The standard InChI is InChI=1S/C16H24O2.C10H21O4P/c1-13(2)18-12-6-4-5-7-16(17)15-10-8-14(3)9-11-15;1-9(2)15(12,13)14-8-6-4-5-7-10(3)11/h8-11,13H,4-7,12H2,1-3H3;9H,4-8H2,1-3H3,(H,12,13). The summed E-state index contributed by atoms with van der Waals surface area (Å²) < 4.78 is 21.7. The van der Waals surface area contributed by atoms with Crippen molar-refractivity contribution in [2.24, 2.45) is 0 Å². The van der Waals surface area contributed by atoms with Crippen LogP contribution in [-0.2, 0) is 18.6 Å². The van der Waals surface area contributed by atoms with E-state index in [-0.39, 0.29) is 17.2 Å². The molecular weight excluding hydrogens is 439 g/mol. The Kier molecular flexibility index (Phi) is 17.3. The molecule has 0 aliphatic rings. The van der Waals surface area contributed by atoms with Gasteiger partial charge in [-0.2, -0.15) is 0 Å². The maximum Gasteiger partial charge on any atom is 0.330 e. The molecule has 0 aliphatic heterocycles. The molecule has 6 nitrogen and oxygen atoms in total. The molecule has 0 saturated heterocycles. The zero-order valence-electron chi connectivity index (χ0n) is 21.5. The first-order chi connectivity index (χ1) is 15.5. The summed E-state index contributed by atoms with van der Waals surface area (Å²) in [6, 6.07) is 7.81. The number of Topliss-reactive ketones (excluding diaryl/α,β-unsaturated/α-hetero) is 2. The first-order valence-corrected chi connectivity index (χ1v) is 13.8. The van der Waals surface area contributed by atoms with Crippen LogP contribution in [0.15, 0.2) is 24.3 Å². The number of ether oxygens (including phenoxy) is 1. The maximum absolute atomic E-state index is 11.9. The van der Waals surface area contributed by atoms with Crippen LogP contribution < -0.4 is 0 Å². The molecule has 0 aliphatic carbocycles. The third kappa shape index (κ3) is 17.8. The lowest BCUT2D eigenvalue weighted by molar-refractivity contribution is -0.117. The molecule has 7 heteroatoms. The van der Waals surface area contributed by atoms with E-state index >= 15 is 0 Å². The van der Waals surface area contributed by atoms with Gasteiger partial charge in [0, 0.05) is 25.0 Å². The Morgan fingerprint density at radius 2 is 1.42 bits per heavy atom. The SMILES string of the molecule is CC(=O)CCCCCOP(=O)(O)C(C)C.Cc1ccc(C(=O)CCCCCOC(C)C)cc1. The van der Waals surface area contributed by atoms with Crippen molar-refractivity contribution >= 4 is 19.2 Å². The molecule has 0 bridgehead atoms. The van der Waals surface area contributed by atoms with E-state index in [1.165, 1.54) is 5.56 Å². The van der Waals surface area contributed by atoms with Gasteiger partial charge in [-0.25, -0.2) is 0 Å². The Labute approximate surface area is 201 Å². The van der Waals surface area contributed by atoms with Crippen molar-refractivity contribution in [3.05, 3.63) is 35.4 Å². The number of hydrogen-bond donors (Lipinski definition) is 1. The quantitative estimate of drug-likeness (QED) is 0.156. The Hall–Kier alpha value is -1.33. The minimum absolute atomic E-state index is 0.186. The maximum atomic E-state index is 11.9. The van der Waals surface area contributed by atoms with Crippen molar-refractivity contribution < 1.29 is 28.3 Å². The van der Waals surface area contributed by atoms with E-state index in [9.17, 15) is 19.0 Å². The summed E-state index contributed by atoms with van der Waals surface area (Å²) in [5.74, 6) is 0.436. The van der Waals surface area contributed by atoms with Crippen molar-refractivity contribution in [3.63, 3.8) is 0 Å². The van der Waals surface area contributed by atoms with E-state index in [0.717, 1.165) is 50.7 Å². The second kappa shape index (κ2) is 18.1. The predicted octanol–water partition coefficient (Wildman–Crippen LogP) is 6.91. The second-order valence-corrected chi connectivity index (χ2v) is 11.4. The molecule has 0 aromatic heterocycles. The van der Waals surface area contributed by atoms with Crippen LogP contribution in [0.2, 0.25) is 0 Å². The molecular formula is C26H45O6P. The molecule has 0 amide bonds. The fraction of sp³-hybridized carbons (Fsp3) is 0.692. The van der Waals surface area contributed by atoms with Gasteiger partial charge in [0.15, 0.2) is 5.78 Å². The lowest BCUT2D eigenvalue weighted by Gasteiger charge is -2.14. The van der Waals surface area contributed by atoms with E-state index in [2.05, 4.69) is 0 Å². The van der Waals surface area contributed by atoms with Gasteiger partial charge in [0.25, 0.3) is 0 Å². The van der Waals surface area contributed by atoms with Crippen molar-refractivity contribution in [3.8, 4) is 0 Å². The highest BCUT2D eigenvalue weighted by Crippen LogP contribution is 2.47. The molecule has 0 fully saturated rings. The van der Waals surface area contributed by atoms with Crippen molar-refractivity contribution in [1.82, 2.24) is 0 Å². The average Bonchev–Trinajstić information content (AvgIpc) is 2.73. The van der Waals surface area contributed by atoms with E-state index < -0.39 is 7.60 Å².